The zero-order valence-electron chi connectivity index (χ0n) is 15.9. The summed E-state index contributed by atoms with van der Waals surface area (Å²) in [5.41, 5.74) is 0.121. The van der Waals surface area contributed by atoms with E-state index in [-0.39, 0.29) is 23.0 Å². The Bertz CT molecular complexity index is 543. The van der Waals surface area contributed by atoms with Gasteiger partial charge < -0.3 is 10.6 Å². The van der Waals surface area contributed by atoms with Gasteiger partial charge in [-0.3, -0.25) is 9.59 Å². The molecule has 0 aliphatic carbocycles. The molecule has 4 nitrogen and oxygen atoms in total. The summed E-state index contributed by atoms with van der Waals surface area (Å²) in [5, 5.41) is 5.51. The molecule has 0 heterocycles. The fourth-order valence-corrected chi connectivity index (χ4v) is 1.52. The summed E-state index contributed by atoms with van der Waals surface area (Å²) in [5.74, 6) is -0.200. The van der Waals surface area contributed by atoms with E-state index >= 15 is 0 Å². The standard InChI is InChI=1S/C12H16FNO.C7H15NO/c1-12(2,3)11(15)14-8-9-5-4-6-10(13)7-9;1-5-8-6(9)7(2,3)4/h4-7H,8H2,1-3H3,(H,14,15);5H2,1-4H3,(H,8,9). The highest BCUT2D eigenvalue weighted by Crippen LogP contribution is 2.13. The van der Waals surface area contributed by atoms with Crippen molar-refractivity contribution >= 4 is 11.8 Å². The molecule has 1 rings (SSSR count). The van der Waals surface area contributed by atoms with E-state index < -0.39 is 5.41 Å². The summed E-state index contributed by atoms with van der Waals surface area (Å²) < 4.78 is 12.8. The minimum atomic E-state index is -0.409. The molecule has 0 aliphatic heterocycles. The van der Waals surface area contributed by atoms with Gasteiger partial charge in [0, 0.05) is 23.9 Å². The Balaban J connectivity index is 0.000000506. The molecule has 0 unspecified atom stereocenters. The van der Waals surface area contributed by atoms with E-state index in [0.717, 1.165) is 12.1 Å². The first kappa shape index (κ1) is 22.1. The van der Waals surface area contributed by atoms with Gasteiger partial charge in [-0.1, -0.05) is 53.7 Å². The number of carbonyl (C=O) groups excluding carboxylic acids is 2. The number of carbonyl (C=O) groups is 2. The molecule has 0 atom stereocenters. The van der Waals surface area contributed by atoms with Crippen molar-refractivity contribution in [3.63, 3.8) is 0 Å². The molecule has 1 aromatic rings. The van der Waals surface area contributed by atoms with Gasteiger partial charge in [-0.25, -0.2) is 4.39 Å². The van der Waals surface area contributed by atoms with Gasteiger partial charge in [0.05, 0.1) is 0 Å². The summed E-state index contributed by atoms with van der Waals surface area (Å²) in [6.07, 6.45) is 0. The fraction of sp³-hybridized carbons (Fsp3) is 0.579. The summed E-state index contributed by atoms with van der Waals surface area (Å²) in [6, 6.07) is 6.22. The van der Waals surface area contributed by atoms with Crippen LogP contribution >= 0.6 is 0 Å². The zero-order valence-corrected chi connectivity index (χ0v) is 15.9. The Morgan fingerprint density at radius 2 is 1.46 bits per heavy atom. The van der Waals surface area contributed by atoms with Crippen molar-refractivity contribution in [3.05, 3.63) is 35.6 Å². The maximum atomic E-state index is 12.8. The van der Waals surface area contributed by atoms with E-state index in [4.69, 9.17) is 0 Å². The highest BCUT2D eigenvalue weighted by Gasteiger charge is 2.20. The van der Waals surface area contributed by atoms with Gasteiger partial charge in [-0.2, -0.15) is 0 Å². The Hall–Kier alpha value is -1.91. The molecule has 24 heavy (non-hydrogen) atoms. The molecule has 0 saturated heterocycles. The van der Waals surface area contributed by atoms with Gasteiger partial charge in [0.15, 0.2) is 0 Å². The fourth-order valence-electron chi connectivity index (χ4n) is 1.52. The second-order valence-corrected chi connectivity index (χ2v) is 7.67. The third kappa shape index (κ3) is 9.28. The largest absolute Gasteiger partial charge is 0.356 e. The average Bonchev–Trinajstić information content (AvgIpc) is 2.44. The van der Waals surface area contributed by atoms with Crippen molar-refractivity contribution < 1.29 is 14.0 Å². The van der Waals surface area contributed by atoms with Gasteiger partial charge in [0.2, 0.25) is 11.8 Å². The van der Waals surface area contributed by atoms with Gasteiger partial charge >= 0.3 is 0 Å². The molecule has 0 bridgehead atoms. The molecule has 5 heteroatoms. The molecule has 0 saturated carbocycles. The van der Waals surface area contributed by atoms with Crippen LogP contribution < -0.4 is 10.6 Å². The first-order valence-corrected chi connectivity index (χ1v) is 8.19. The van der Waals surface area contributed by atoms with Gasteiger partial charge in [-0.15, -0.1) is 0 Å². The molecule has 0 fully saturated rings. The lowest BCUT2D eigenvalue weighted by molar-refractivity contribution is -0.129. The van der Waals surface area contributed by atoms with Crippen LogP contribution in [-0.4, -0.2) is 18.4 Å². The monoisotopic (exact) mass is 338 g/mol. The molecular weight excluding hydrogens is 307 g/mol. The van der Waals surface area contributed by atoms with Crippen LogP contribution in [0.4, 0.5) is 4.39 Å². The summed E-state index contributed by atoms with van der Waals surface area (Å²) in [7, 11) is 0. The number of nitrogens with one attached hydrogen (secondary N) is 2. The Morgan fingerprint density at radius 1 is 0.958 bits per heavy atom. The number of amides is 2. The van der Waals surface area contributed by atoms with Crippen LogP contribution in [0.1, 0.15) is 54.0 Å². The number of rotatable bonds is 3. The molecule has 0 spiro atoms. The molecular formula is C19H31FN2O2. The maximum Gasteiger partial charge on any atom is 0.225 e. The van der Waals surface area contributed by atoms with Crippen molar-refractivity contribution in [2.24, 2.45) is 10.8 Å². The van der Waals surface area contributed by atoms with Crippen LogP contribution in [0.5, 0.6) is 0 Å². The van der Waals surface area contributed by atoms with E-state index in [9.17, 15) is 14.0 Å². The van der Waals surface area contributed by atoms with Crippen LogP contribution in [0.2, 0.25) is 0 Å². The zero-order chi connectivity index (χ0) is 19.0. The second kappa shape index (κ2) is 9.40. The number of hydrogen-bond acceptors (Lipinski definition) is 2. The molecule has 136 valence electrons. The smallest absolute Gasteiger partial charge is 0.225 e. The van der Waals surface area contributed by atoms with Crippen LogP contribution in [0, 0.1) is 16.6 Å². The lowest BCUT2D eigenvalue weighted by atomic mass is 9.95. The van der Waals surface area contributed by atoms with Gasteiger partial charge in [0.1, 0.15) is 5.82 Å². The van der Waals surface area contributed by atoms with Crippen molar-refractivity contribution in [2.75, 3.05) is 6.54 Å². The quantitative estimate of drug-likeness (QED) is 0.884. The second-order valence-electron chi connectivity index (χ2n) is 7.67. The maximum absolute atomic E-state index is 12.8. The van der Waals surface area contributed by atoms with Crippen LogP contribution in [-0.2, 0) is 16.1 Å². The number of hydrogen-bond donors (Lipinski definition) is 2. The molecule has 2 N–H and O–H groups in total. The highest BCUT2D eigenvalue weighted by atomic mass is 19.1. The Morgan fingerprint density at radius 3 is 1.83 bits per heavy atom. The molecule has 0 radical (unpaired) electrons. The molecule has 1 aromatic carbocycles. The topological polar surface area (TPSA) is 58.2 Å². The Labute approximate surface area is 145 Å². The number of halogens is 1. The molecule has 0 aliphatic rings. The first-order valence-electron chi connectivity index (χ1n) is 8.19. The van der Waals surface area contributed by atoms with E-state index in [0.29, 0.717) is 6.54 Å². The van der Waals surface area contributed by atoms with Crippen molar-refractivity contribution in [1.82, 2.24) is 10.6 Å². The SMILES string of the molecule is CC(C)(C)C(=O)NCc1cccc(F)c1.CCNC(=O)C(C)(C)C. The van der Waals surface area contributed by atoms with E-state index in [1.54, 1.807) is 12.1 Å². The predicted octanol–water partition coefficient (Wildman–Crippen LogP) is 3.66. The third-order valence-electron chi connectivity index (χ3n) is 3.04. The van der Waals surface area contributed by atoms with Crippen LogP contribution in [0.25, 0.3) is 0 Å². The van der Waals surface area contributed by atoms with Crippen molar-refractivity contribution in [3.8, 4) is 0 Å². The van der Waals surface area contributed by atoms with Crippen molar-refractivity contribution in [2.45, 2.75) is 55.0 Å². The summed E-state index contributed by atoms with van der Waals surface area (Å²) in [4.78, 5) is 22.5. The van der Waals surface area contributed by atoms with Gasteiger partial charge in [0.25, 0.3) is 0 Å². The normalized spacial score (nSPS) is 11.2. The third-order valence-corrected chi connectivity index (χ3v) is 3.04. The number of benzene rings is 1. The summed E-state index contributed by atoms with van der Waals surface area (Å²) in [6.45, 7) is 14.2. The Kier molecular flexibility index (Phi) is 8.65. The minimum Gasteiger partial charge on any atom is -0.356 e. The minimum absolute atomic E-state index is 0.0354. The van der Waals surface area contributed by atoms with Crippen molar-refractivity contribution in [1.29, 1.82) is 0 Å². The molecule has 2 amide bonds. The van der Waals surface area contributed by atoms with Gasteiger partial charge in [-0.05, 0) is 24.6 Å². The van der Waals surface area contributed by atoms with E-state index in [1.165, 1.54) is 12.1 Å². The first-order chi connectivity index (χ1) is 10.9. The lowest BCUT2D eigenvalue weighted by Gasteiger charge is -2.17. The average molecular weight is 338 g/mol. The van der Waals surface area contributed by atoms with E-state index in [2.05, 4.69) is 10.6 Å². The molecule has 0 aromatic heterocycles. The highest BCUT2D eigenvalue weighted by molar-refractivity contribution is 5.81. The van der Waals surface area contributed by atoms with Crippen LogP contribution in [0.3, 0.4) is 0 Å². The lowest BCUT2D eigenvalue weighted by Crippen LogP contribution is -2.34. The van der Waals surface area contributed by atoms with E-state index in [1.807, 2.05) is 48.5 Å². The predicted molar refractivity (Wildman–Crippen MR) is 95.8 cm³/mol. The summed E-state index contributed by atoms with van der Waals surface area (Å²) >= 11 is 0. The van der Waals surface area contributed by atoms with Crippen LogP contribution in [0.15, 0.2) is 24.3 Å².